The molecule has 0 saturated heterocycles. The lowest BCUT2D eigenvalue weighted by molar-refractivity contribution is 0.0982. The van der Waals surface area contributed by atoms with Crippen molar-refractivity contribution in [1.82, 2.24) is 0 Å². The first-order valence-electron chi connectivity index (χ1n) is 4.85. The Morgan fingerprint density at radius 2 is 2.40 bits per heavy atom. The maximum Gasteiger partial charge on any atom is 0.166 e. The van der Waals surface area contributed by atoms with Crippen LogP contribution in [0, 0.1) is 6.92 Å². The van der Waals surface area contributed by atoms with Gasteiger partial charge in [-0.15, -0.1) is 0 Å². The Morgan fingerprint density at radius 3 is 3.00 bits per heavy atom. The highest BCUT2D eigenvalue weighted by molar-refractivity contribution is 7.07. The summed E-state index contributed by atoms with van der Waals surface area (Å²) in [6.07, 6.45) is 2.90. The predicted molar refractivity (Wildman–Crippen MR) is 60.4 cm³/mol. The summed E-state index contributed by atoms with van der Waals surface area (Å²) in [5, 5.41) is 4.11. The maximum absolute atomic E-state index is 11.7. The number of carbonyl (C=O) groups excluding carboxylic acids is 1. The van der Waals surface area contributed by atoms with Gasteiger partial charge in [-0.3, -0.25) is 4.79 Å². The largest absolute Gasteiger partial charge is 0.469 e. The van der Waals surface area contributed by atoms with Crippen LogP contribution in [0.5, 0.6) is 0 Å². The van der Waals surface area contributed by atoms with Crippen LogP contribution in [-0.4, -0.2) is 5.78 Å². The van der Waals surface area contributed by atoms with E-state index >= 15 is 0 Å². The lowest BCUT2D eigenvalue weighted by atomic mass is 10.1. The fourth-order valence-corrected chi connectivity index (χ4v) is 2.13. The number of hydrogen-bond acceptors (Lipinski definition) is 3. The van der Waals surface area contributed by atoms with Gasteiger partial charge in [0.1, 0.15) is 12.0 Å². The molecule has 2 aromatic rings. The molecule has 2 heterocycles. The van der Waals surface area contributed by atoms with Crippen LogP contribution in [0.15, 0.2) is 33.6 Å². The lowest BCUT2D eigenvalue weighted by Crippen LogP contribution is -1.98. The zero-order valence-corrected chi connectivity index (χ0v) is 9.34. The van der Waals surface area contributed by atoms with Crippen LogP contribution < -0.4 is 0 Å². The second-order valence-electron chi connectivity index (χ2n) is 3.50. The van der Waals surface area contributed by atoms with Crippen molar-refractivity contribution in [2.75, 3.05) is 0 Å². The van der Waals surface area contributed by atoms with Gasteiger partial charge in [-0.05, 0) is 41.8 Å². The predicted octanol–water partition coefficient (Wildman–Crippen LogP) is 3.47. The second-order valence-corrected chi connectivity index (χ2v) is 4.28. The molecule has 0 unspecified atom stereocenters. The van der Waals surface area contributed by atoms with E-state index in [1.807, 2.05) is 12.3 Å². The average molecular weight is 220 g/mol. The minimum Gasteiger partial charge on any atom is -0.469 e. The number of Topliss-reactive ketones (excluding diaryl/α,β-unsaturated/α-hetero) is 1. The smallest absolute Gasteiger partial charge is 0.166 e. The van der Waals surface area contributed by atoms with Crippen molar-refractivity contribution in [3.8, 4) is 0 Å². The number of aryl methyl sites for hydroxylation is 2. The van der Waals surface area contributed by atoms with Crippen molar-refractivity contribution in [3.05, 3.63) is 46.0 Å². The minimum atomic E-state index is 0.151. The normalized spacial score (nSPS) is 10.5. The van der Waals surface area contributed by atoms with Crippen molar-refractivity contribution in [3.63, 3.8) is 0 Å². The van der Waals surface area contributed by atoms with E-state index in [-0.39, 0.29) is 5.78 Å². The van der Waals surface area contributed by atoms with E-state index in [9.17, 15) is 4.79 Å². The first-order chi connectivity index (χ1) is 7.25. The van der Waals surface area contributed by atoms with E-state index in [2.05, 4.69) is 11.4 Å². The zero-order valence-electron chi connectivity index (χ0n) is 8.53. The Balaban J connectivity index is 1.93. The molecule has 0 aliphatic heterocycles. The Kier molecular flexibility index (Phi) is 3.02. The van der Waals surface area contributed by atoms with E-state index in [0.29, 0.717) is 12.0 Å². The summed E-state index contributed by atoms with van der Waals surface area (Å²) in [6, 6.07) is 3.84. The van der Waals surface area contributed by atoms with E-state index in [4.69, 9.17) is 4.42 Å². The number of carbonyl (C=O) groups is 1. The number of ketones is 1. The minimum absolute atomic E-state index is 0.151. The molecule has 0 N–H and O–H groups in total. The van der Waals surface area contributed by atoms with E-state index in [1.54, 1.807) is 17.4 Å². The van der Waals surface area contributed by atoms with E-state index < -0.39 is 0 Å². The summed E-state index contributed by atoms with van der Waals surface area (Å²) < 4.78 is 5.10. The summed E-state index contributed by atoms with van der Waals surface area (Å²) in [7, 11) is 0. The molecule has 0 fully saturated rings. The third-order valence-electron chi connectivity index (χ3n) is 2.27. The monoisotopic (exact) mass is 220 g/mol. The third-order valence-corrected chi connectivity index (χ3v) is 3.01. The third kappa shape index (κ3) is 2.57. The second kappa shape index (κ2) is 4.45. The van der Waals surface area contributed by atoms with Gasteiger partial charge in [-0.25, -0.2) is 0 Å². The molecule has 0 bridgehead atoms. The van der Waals surface area contributed by atoms with Gasteiger partial charge in [0.25, 0.3) is 0 Å². The SMILES string of the molecule is Cc1cc(C(=O)CCc2ccsc2)co1. The Labute approximate surface area is 92.5 Å². The average Bonchev–Trinajstić information content (AvgIpc) is 2.84. The summed E-state index contributed by atoms with van der Waals surface area (Å²) in [5.41, 5.74) is 1.91. The van der Waals surface area contributed by atoms with Gasteiger partial charge in [-0.2, -0.15) is 11.3 Å². The van der Waals surface area contributed by atoms with Gasteiger partial charge in [0.15, 0.2) is 5.78 Å². The van der Waals surface area contributed by atoms with Crippen LogP contribution in [0.3, 0.4) is 0 Å². The molecule has 78 valence electrons. The first kappa shape index (κ1) is 10.2. The summed E-state index contributed by atoms with van der Waals surface area (Å²) in [4.78, 5) is 11.7. The molecule has 0 saturated carbocycles. The molecule has 0 atom stereocenters. The molecule has 15 heavy (non-hydrogen) atoms. The van der Waals surface area contributed by atoms with E-state index in [0.717, 1.165) is 12.2 Å². The molecular weight excluding hydrogens is 208 g/mol. The maximum atomic E-state index is 11.7. The van der Waals surface area contributed by atoms with Crippen LogP contribution in [-0.2, 0) is 6.42 Å². The van der Waals surface area contributed by atoms with Gasteiger partial charge in [0.2, 0.25) is 0 Å². The van der Waals surface area contributed by atoms with Crippen molar-refractivity contribution in [2.24, 2.45) is 0 Å². The van der Waals surface area contributed by atoms with Gasteiger partial charge in [-0.1, -0.05) is 0 Å². The molecule has 0 spiro atoms. The van der Waals surface area contributed by atoms with E-state index in [1.165, 1.54) is 11.8 Å². The standard InChI is InChI=1S/C12H12O2S/c1-9-6-11(7-14-9)12(13)3-2-10-4-5-15-8-10/h4-8H,2-3H2,1H3. The van der Waals surface area contributed by atoms with Crippen molar-refractivity contribution >= 4 is 17.1 Å². The van der Waals surface area contributed by atoms with Crippen LogP contribution in [0.4, 0.5) is 0 Å². The molecule has 3 heteroatoms. The Hall–Kier alpha value is -1.35. The number of thiophene rings is 1. The van der Waals surface area contributed by atoms with Crippen LogP contribution >= 0.6 is 11.3 Å². The number of hydrogen-bond donors (Lipinski definition) is 0. The molecule has 2 nitrogen and oxygen atoms in total. The summed E-state index contributed by atoms with van der Waals surface area (Å²) >= 11 is 1.66. The molecule has 2 aromatic heterocycles. The van der Waals surface area contributed by atoms with Crippen molar-refractivity contribution in [2.45, 2.75) is 19.8 Å². The zero-order chi connectivity index (χ0) is 10.7. The number of rotatable bonds is 4. The molecule has 0 aliphatic rings. The topological polar surface area (TPSA) is 30.2 Å². The Bertz CT molecular complexity index is 440. The first-order valence-corrected chi connectivity index (χ1v) is 5.79. The summed E-state index contributed by atoms with van der Waals surface area (Å²) in [6.45, 7) is 1.84. The highest BCUT2D eigenvalue weighted by Gasteiger charge is 2.08. The fourth-order valence-electron chi connectivity index (χ4n) is 1.43. The molecule has 0 amide bonds. The van der Waals surface area contributed by atoms with Gasteiger partial charge in [0.05, 0.1) is 5.56 Å². The lowest BCUT2D eigenvalue weighted by Gasteiger charge is -1.95. The fraction of sp³-hybridized carbons (Fsp3) is 0.250. The highest BCUT2D eigenvalue weighted by atomic mass is 32.1. The van der Waals surface area contributed by atoms with Crippen LogP contribution in [0.25, 0.3) is 0 Å². The van der Waals surface area contributed by atoms with Gasteiger partial charge in [0, 0.05) is 6.42 Å². The molecule has 0 aliphatic carbocycles. The Morgan fingerprint density at radius 1 is 1.53 bits per heavy atom. The van der Waals surface area contributed by atoms with Crippen LogP contribution in [0.1, 0.15) is 28.1 Å². The quantitative estimate of drug-likeness (QED) is 0.738. The molecule has 0 aromatic carbocycles. The molecular formula is C12H12O2S. The number of furan rings is 1. The van der Waals surface area contributed by atoms with Crippen LogP contribution in [0.2, 0.25) is 0 Å². The van der Waals surface area contributed by atoms with Gasteiger partial charge >= 0.3 is 0 Å². The summed E-state index contributed by atoms with van der Waals surface area (Å²) in [5.74, 6) is 0.937. The van der Waals surface area contributed by atoms with Crippen molar-refractivity contribution < 1.29 is 9.21 Å². The molecule has 0 radical (unpaired) electrons. The van der Waals surface area contributed by atoms with Crippen molar-refractivity contribution in [1.29, 1.82) is 0 Å². The molecule has 2 rings (SSSR count). The highest BCUT2D eigenvalue weighted by Crippen LogP contribution is 2.13. The van der Waals surface area contributed by atoms with Gasteiger partial charge < -0.3 is 4.42 Å².